The zero-order valence-corrected chi connectivity index (χ0v) is 7.53. The maximum absolute atomic E-state index is 10.7. The first-order chi connectivity index (χ1) is 6.83. The van der Waals surface area contributed by atoms with Gasteiger partial charge < -0.3 is 11.1 Å². The van der Waals surface area contributed by atoms with Crippen molar-refractivity contribution in [1.29, 1.82) is 0 Å². The Labute approximate surface area is 81.7 Å². The summed E-state index contributed by atoms with van der Waals surface area (Å²) >= 11 is 0. The Kier molecular flexibility index (Phi) is 4.11. The van der Waals surface area contributed by atoms with Crippen LogP contribution in [0.3, 0.4) is 0 Å². The summed E-state index contributed by atoms with van der Waals surface area (Å²) in [5.74, 6) is 5.25. The number of amides is 1. The number of nitrogens with zero attached hydrogens (tertiary/aromatic N) is 2. The number of nitrogens with one attached hydrogen (secondary N) is 1. The molecule has 0 aromatic carbocycles. The van der Waals surface area contributed by atoms with Crippen LogP contribution >= 0.6 is 0 Å². The highest BCUT2D eigenvalue weighted by atomic mass is 16.1. The van der Waals surface area contributed by atoms with Crippen LogP contribution in [0.4, 0.5) is 0 Å². The van der Waals surface area contributed by atoms with Crippen LogP contribution in [0.15, 0.2) is 18.6 Å². The SMILES string of the molecule is NCC(=O)NCC#Cc1cnccn1. The second-order valence-corrected chi connectivity index (χ2v) is 2.37. The molecule has 5 heteroatoms. The van der Waals surface area contributed by atoms with Gasteiger partial charge in [0.1, 0.15) is 5.69 Å². The third kappa shape index (κ3) is 3.65. The highest BCUT2D eigenvalue weighted by molar-refractivity contribution is 5.77. The van der Waals surface area contributed by atoms with E-state index in [1.54, 1.807) is 18.6 Å². The Balaban J connectivity index is 2.38. The van der Waals surface area contributed by atoms with Gasteiger partial charge in [-0.2, -0.15) is 0 Å². The van der Waals surface area contributed by atoms with Gasteiger partial charge in [-0.25, -0.2) is 4.98 Å². The minimum absolute atomic E-state index is 0.0210. The smallest absolute Gasteiger partial charge is 0.234 e. The first-order valence-corrected chi connectivity index (χ1v) is 4.04. The summed E-state index contributed by atoms with van der Waals surface area (Å²) in [5.41, 5.74) is 5.66. The standard InChI is InChI=1S/C9H10N4O/c10-6-9(14)13-3-1-2-8-7-11-4-5-12-8/h4-5,7H,3,6,10H2,(H,13,14). The quantitative estimate of drug-likeness (QED) is 0.580. The lowest BCUT2D eigenvalue weighted by atomic mass is 10.4. The average Bonchev–Trinajstić information content (AvgIpc) is 2.25. The summed E-state index contributed by atoms with van der Waals surface area (Å²) in [5, 5.41) is 2.52. The van der Waals surface area contributed by atoms with Gasteiger partial charge in [-0.3, -0.25) is 9.78 Å². The van der Waals surface area contributed by atoms with Crippen molar-refractivity contribution in [1.82, 2.24) is 15.3 Å². The van der Waals surface area contributed by atoms with Gasteiger partial charge in [-0.1, -0.05) is 5.92 Å². The molecule has 0 unspecified atom stereocenters. The van der Waals surface area contributed by atoms with Crippen LogP contribution in [0.1, 0.15) is 5.69 Å². The average molecular weight is 190 g/mol. The molecule has 0 atom stereocenters. The van der Waals surface area contributed by atoms with Crippen molar-refractivity contribution in [3.8, 4) is 11.8 Å². The molecule has 3 N–H and O–H groups in total. The summed E-state index contributed by atoms with van der Waals surface area (Å²) in [6.45, 7) is 0.249. The van der Waals surface area contributed by atoms with Crippen molar-refractivity contribution >= 4 is 5.91 Å². The molecule has 0 spiro atoms. The Morgan fingerprint density at radius 2 is 2.43 bits per heavy atom. The second-order valence-electron chi connectivity index (χ2n) is 2.37. The summed E-state index contributed by atoms with van der Waals surface area (Å²) in [6.07, 6.45) is 4.68. The van der Waals surface area contributed by atoms with E-state index < -0.39 is 0 Å². The minimum atomic E-state index is -0.224. The fourth-order valence-electron chi connectivity index (χ4n) is 0.713. The van der Waals surface area contributed by atoms with Crippen molar-refractivity contribution < 1.29 is 4.79 Å². The maximum atomic E-state index is 10.7. The van der Waals surface area contributed by atoms with Crippen molar-refractivity contribution in [2.75, 3.05) is 13.1 Å². The van der Waals surface area contributed by atoms with Crippen LogP contribution in [0.2, 0.25) is 0 Å². The number of rotatable bonds is 2. The lowest BCUT2D eigenvalue weighted by Gasteiger charge is -1.94. The van der Waals surface area contributed by atoms with Gasteiger partial charge >= 0.3 is 0 Å². The first-order valence-electron chi connectivity index (χ1n) is 4.04. The monoisotopic (exact) mass is 190 g/mol. The topological polar surface area (TPSA) is 80.9 Å². The second kappa shape index (κ2) is 5.67. The number of carbonyl (C=O) groups excluding carboxylic acids is 1. The number of nitrogens with two attached hydrogens (primary N) is 1. The van der Waals surface area contributed by atoms with Gasteiger partial charge in [-0.15, -0.1) is 0 Å². The van der Waals surface area contributed by atoms with E-state index in [0.29, 0.717) is 5.69 Å². The van der Waals surface area contributed by atoms with E-state index in [2.05, 4.69) is 27.1 Å². The summed E-state index contributed by atoms with van der Waals surface area (Å²) in [4.78, 5) is 18.5. The number of carbonyl (C=O) groups is 1. The Hall–Kier alpha value is -1.93. The molecule has 0 aliphatic rings. The van der Waals surface area contributed by atoms with Gasteiger partial charge in [0.2, 0.25) is 5.91 Å². The van der Waals surface area contributed by atoms with Gasteiger partial charge in [0.25, 0.3) is 0 Å². The molecule has 0 saturated heterocycles. The van der Waals surface area contributed by atoms with Crippen LogP contribution in [0, 0.1) is 11.8 Å². The predicted octanol–water partition coefficient (Wildman–Crippen LogP) is -1.10. The van der Waals surface area contributed by atoms with E-state index >= 15 is 0 Å². The van der Waals surface area contributed by atoms with Crippen molar-refractivity contribution in [2.45, 2.75) is 0 Å². The maximum Gasteiger partial charge on any atom is 0.234 e. The Bertz CT molecular complexity index is 352. The van der Waals surface area contributed by atoms with Crippen molar-refractivity contribution in [2.24, 2.45) is 5.73 Å². The van der Waals surface area contributed by atoms with Crippen LogP contribution in [0.25, 0.3) is 0 Å². The molecule has 1 rings (SSSR count). The molecule has 0 saturated carbocycles. The molecule has 0 bridgehead atoms. The first kappa shape index (κ1) is 10.2. The van der Waals surface area contributed by atoms with Crippen molar-refractivity contribution in [3.05, 3.63) is 24.3 Å². The molecule has 72 valence electrons. The Morgan fingerprint density at radius 1 is 1.57 bits per heavy atom. The van der Waals surface area contributed by atoms with E-state index in [4.69, 9.17) is 5.73 Å². The fraction of sp³-hybridized carbons (Fsp3) is 0.222. The van der Waals surface area contributed by atoms with E-state index in [0.717, 1.165) is 0 Å². The molecular weight excluding hydrogens is 180 g/mol. The predicted molar refractivity (Wildman–Crippen MR) is 51.0 cm³/mol. The molecule has 1 aromatic rings. The fourth-order valence-corrected chi connectivity index (χ4v) is 0.713. The molecule has 5 nitrogen and oxygen atoms in total. The van der Waals surface area contributed by atoms with Crippen molar-refractivity contribution in [3.63, 3.8) is 0 Å². The van der Waals surface area contributed by atoms with Crippen LogP contribution in [0.5, 0.6) is 0 Å². The molecule has 1 aromatic heterocycles. The van der Waals surface area contributed by atoms with Gasteiger partial charge in [-0.05, 0) is 5.92 Å². The lowest BCUT2D eigenvalue weighted by Crippen LogP contribution is -2.30. The summed E-state index contributed by atoms with van der Waals surface area (Å²) in [6, 6.07) is 0. The molecule has 1 amide bonds. The molecule has 0 aliphatic heterocycles. The molecular formula is C9H10N4O. The molecule has 1 heterocycles. The van der Waals surface area contributed by atoms with Gasteiger partial charge in [0.05, 0.1) is 19.3 Å². The molecule has 0 fully saturated rings. The highest BCUT2D eigenvalue weighted by Gasteiger charge is 1.91. The number of hydrogen-bond acceptors (Lipinski definition) is 4. The molecule has 0 aliphatic carbocycles. The molecule has 0 radical (unpaired) electrons. The van der Waals surface area contributed by atoms with Crippen LogP contribution in [-0.2, 0) is 4.79 Å². The van der Waals surface area contributed by atoms with E-state index in [1.807, 2.05) is 0 Å². The highest BCUT2D eigenvalue weighted by Crippen LogP contribution is 1.83. The summed E-state index contributed by atoms with van der Waals surface area (Å²) < 4.78 is 0. The van der Waals surface area contributed by atoms with Gasteiger partial charge in [0.15, 0.2) is 0 Å². The van der Waals surface area contributed by atoms with E-state index in [1.165, 1.54) is 0 Å². The van der Waals surface area contributed by atoms with Crippen LogP contribution < -0.4 is 11.1 Å². The number of hydrogen-bond donors (Lipinski definition) is 2. The zero-order chi connectivity index (χ0) is 10.2. The van der Waals surface area contributed by atoms with Crippen LogP contribution in [-0.4, -0.2) is 29.0 Å². The normalized spacial score (nSPS) is 8.64. The third-order valence-electron chi connectivity index (χ3n) is 1.34. The largest absolute Gasteiger partial charge is 0.344 e. The zero-order valence-electron chi connectivity index (χ0n) is 7.53. The lowest BCUT2D eigenvalue weighted by molar-refractivity contribution is -0.119. The molecule has 14 heavy (non-hydrogen) atoms. The minimum Gasteiger partial charge on any atom is -0.344 e. The Morgan fingerprint density at radius 3 is 3.07 bits per heavy atom. The third-order valence-corrected chi connectivity index (χ3v) is 1.34. The van der Waals surface area contributed by atoms with E-state index in [-0.39, 0.29) is 19.0 Å². The number of aromatic nitrogens is 2. The summed E-state index contributed by atoms with van der Waals surface area (Å²) in [7, 11) is 0. The van der Waals surface area contributed by atoms with Gasteiger partial charge in [0, 0.05) is 12.4 Å². The van der Waals surface area contributed by atoms with E-state index in [9.17, 15) is 4.79 Å².